The summed E-state index contributed by atoms with van der Waals surface area (Å²) in [4.78, 5) is 28.4. The zero-order valence-corrected chi connectivity index (χ0v) is 15.6. The Bertz CT molecular complexity index is 896. The fraction of sp³-hybridized carbons (Fsp3) is 0.316. The van der Waals surface area contributed by atoms with Gasteiger partial charge in [0.15, 0.2) is 0 Å². The third-order valence-electron chi connectivity index (χ3n) is 3.98. The molecule has 2 heterocycles. The fourth-order valence-electron chi connectivity index (χ4n) is 2.70. The van der Waals surface area contributed by atoms with Gasteiger partial charge in [-0.15, -0.1) is 11.3 Å². The van der Waals surface area contributed by atoms with E-state index in [0.29, 0.717) is 23.5 Å². The first-order valence-electron chi connectivity index (χ1n) is 8.53. The van der Waals surface area contributed by atoms with E-state index in [0.717, 1.165) is 29.8 Å². The third kappa shape index (κ3) is 4.49. The number of aromatic nitrogens is 1. The van der Waals surface area contributed by atoms with Crippen molar-refractivity contribution in [2.24, 2.45) is 0 Å². The number of hydrogen-bond acceptors (Lipinski definition) is 5. The van der Waals surface area contributed by atoms with Gasteiger partial charge in [-0.05, 0) is 51.3 Å². The lowest BCUT2D eigenvalue weighted by molar-refractivity contribution is -0.121. The van der Waals surface area contributed by atoms with E-state index in [9.17, 15) is 9.59 Å². The average Bonchev–Trinajstić information content (AvgIpc) is 3.18. The van der Waals surface area contributed by atoms with Crippen molar-refractivity contribution in [1.29, 1.82) is 0 Å². The molecule has 0 spiro atoms. The first-order valence-corrected chi connectivity index (χ1v) is 9.35. The summed E-state index contributed by atoms with van der Waals surface area (Å²) in [5, 5.41) is 1.09. The first kappa shape index (κ1) is 18.1. The van der Waals surface area contributed by atoms with Gasteiger partial charge in [-0.3, -0.25) is 20.4 Å². The maximum Gasteiger partial charge on any atom is 0.273 e. The molecule has 0 radical (unpaired) electrons. The van der Waals surface area contributed by atoms with E-state index in [1.807, 2.05) is 18.2 Å². The molecule has 1 aromatic carbocycles. The fourth-order valence-corrected chi connectivity index (χ4v) is 3.71. The van der Waals surface area contributed by atoms with Crippen LogP contribution >= 0.6 is 11.3 Å². The number of furan rings is 1. The number of aryl methyl sites for hydroxylation is 3. The van der Waals surface area contributed by atoms with Gasteiger partial charge in [0.25, 0.3) is 5.91 Å². The lowest BCUT2D eigenvalue weighted by atomic mass is 10.2. The van der Waals surface area contributed by atoms with Crippen molar-refractivity contribution in [3.05, 3.63) is 52.4 Å². The van der Waals surface area contributed by atoms with E-state index in [1.54, 1.807) is 31.3 Å². The van der Waals surface area contributed by atoms with Crippen molar-refractivity contribution in [3.8, 4) is 0 Å². The van der Waals surface area contributed by atoms with Crippen molar-refractivity contribution < 1.29 is 14.0 Å². The summed E-state index contributed by atoms with van der Waals surface area (Å²) >= 11 is 1.69. The number of hydrazine groups is 1. The number of carbonyl (C=O) groups excluding carboxylic acids is 2. The molecule has 7 heteroatoms. The molecule has 0 fully saturated rings. The molecular formula is C19H21N3O3S. The predicted octanol–water partition coefficient (Wildman–Crippen LogP) is 3.68. The minimum atomic E-state index is -0.373. The largest absolute Gasteiger partial charge is 0.466 e. The number of fused-ring (bicyclic) bond motifs is 1. The van der Waals surface area contributed by atoms with E-state index >= 15 is 0 Å². The normalized spacial score (nSPS) is 10.8. The SMILES string of the molecule is Cc1cc(C(=O)NNC(=O)CCCCc2nc3ccccc3s2)c(C)o1. The molecular weight excluding hydrogens is 350 g/mol. The van der Waals surface area contributed by atoms with Gasteiger partial charge < -0.3 is 4.42 Å². The number of para-hydroxylation sites is 1. The minimum absolute atomic E-state index is 0.208. The Hall–Kier alpha value is -2.67. The van der Waals surface area contributed by atoms with Crippen LogP contribution in [0.5, 0.6) is 0 Å². The highest BCUT2D eigenvalue weighted by Gasteiger charge is 2.14. The van der Waals surface area contributed by atoms with Crippen molar-refractivity contribution >= 4 is 33.4 Å². The van der Waals surface area contributed by atoms with Crippen molar-refractivity contribution in [2.75, 3.05) is 0 Å². The van der Waals surface area contributed by atoms with Gasteiger partial charge in [0.05, 0.1) is 20.8 Å². The van der Waals surface area contributed by atoms with Gasteiger partial charge in [0.1, 0.15) is 11.5 Å². The molecule has 0 aliphatic rings. The number of thiazole rings is 1. The summed E-state index contributed by atoms with van der Waals surface area (Å²) < 4.78 is 6.49. The van der Waals surface area contributed by atoms with Crippen LogP contribution in [-0.4, -0.2) is 16.8 Å². The Morgan fingerprint density at radius 2 is 1.96 bits per heavy atom. The van der Waals surface area contributed by atoms with Crippen molar-refractivity contribution in [1.82, 2.24) is 15.8 Å². The van der Waals surface area contributed by atoms with E-state index in [4.69, 9.17) is 4.42 Å². The molecule has 0 aliphatic carbocycles. The Morgan fingerprint density at radius 1 is 1.15 bits per heavy atom. The summed E-state index contributed by atoms with van der Waals surface area (Å²) in [6.45, 7) is 3.49. The summed E-state index contributed by atoms with van der Waals surface area (Å²) in [7, 11) is 0. The number of unbranched alkanes of at least 4 members (excludes halogenated alkanes) is 1. The van der Waals surface area contributed by atoms with Gasteiger partial charge in [-0.2, -0.15) is 0 Å². The van der Waals surface area contributed by atoms with Gasteiger partial charge in [0.2, 0.25) is 5.91 Å². The number of benzene rings is 1. The lowest BCUT2D eigenvalue weighted by Crippen LogP contribution is -2.41. The van der Waals surface area contributed by atoms with Crippen LogP contribution in [0.4, 0.5) is 0 Å². The standard InChI is InChI=1S/C19H21N3O3S/c1-12-11-14(13(2)25-12)19(24)22-21-17(23)9-5-6-10-18-20-15-7-3-4-8-16(15)26-18/h3-4,7-8,11H,5-6,9-10H2,1-2H3,(H,21,23)(H,22,24). The van der Waals surface area contributed by atoms with Gasteiger partial charge in [-0.25, -0.2) is 4.98 Å². The number of carbonyl (C=O) groups is 2. The van der Waals surface area contributed by atoms with Gasteiger partial charge >= 0.3 is 0 Å². The average molecular weight is 371 g/mol. The maximum absolute atomic E-state index is 12.0. The molecule has 3 aromatic rings. The molecule has 0 saturated heterocycles. The third-order valence-corrected chi connectivity index (χ3v) is 5.08. The van der Waals surface area contributed by atoms with Crippen LogP contribution < -0.4 is 10.9 Å². The van der Waals surface area contributed by atoms with Crippen molar-refractivity contribution in [3.63, 3.8) is 0 Å². The lowest BCUT2D eigenvalue weighted by Gasteiger charge is -2.06. The van der Waals surface area contributed by atoms with Crippen LogP contribution in [0.15, 0.2) is 34.7 Å². The summed E-state index contributed by atoms with van der Waals surface area (Å²) in [5.41, 5.74) is 6.32. The summed E-state index contributed by atoms with van der Waals surface area (Å²) in [6.07, 6.45) is 2.82. The second-order valence-corrected chi connectivity index (χ2v) is 7.23. The molecule has 0 saturated carbocycles. The molecule has 2 N–H and O–H groups in total. The minimum Gasteiger partial charge on any atom is -0.466 e. The topological polar surface area (TPSA) is 84.2 Å². The summed E-state index contributed by atoms with van der Waals surface area (Å²) in [6, 6.07) is 9.71. The Kier molecular flexibility index (Phi) is 5.68. The van der Waals surface area contributed by atoms with E-state index < -0.39 is 0 Å². The van der Waals surface area contributed by atoms with Crippen LogP contribution in [-0.2, 0) is 11.2 Å². The highest BCUT2D eigenvalue weighted by atomic mass is 32.1. The second kappa shape index (κ2) is 8.14. The van der Waals surface area contributed by atoms with Gasteiger partial charge in [0, 0.05) is 6.42 Å². The molecule has 6 nitrogen and oxygen atoms in total. The zero-order chi connectivity index (χ0) is 18.5. The van der Waals surface area contributed by atoms with Gasteiger partial charge in [-0.1, -0.05) is 12.1 Å². The highest BCUT2D eigenvalue weighted by Crippen LogP contribution is 2.22. The maximum atomic E-state index is 12.0. The zero-order valence-electron chi connectivity index (χ0n) is 14.8. The Morgan fingerprint density at radius 3 is 2.69 bits per heavy atom. The highest BCUT2D eigenvalue weighted by molar-refractivity contribution is 7.18. The first-order chi connectivity index (χ1) is 12.5. The number of rotatable bonds is 6. The van der Waals surface area contributed by atoms with Crippen molar-refractivity contribution in [2.45, 2.75) is 39.5 Å². The Labute approximate surface area is 155 Å². The monoisotopic (exact) mass is 371 g/mol. The molecule has 0 aliphatic heterocycles. The molecule has 0 bridgehead atoms. The van der Waals surface area contributed by atoms with E-state index in [2.05, 4.69) is 21.9 Å². The summed E-state index contributed by atoms with van der Waals surface area (Å²) in [5.74, 6) is 0.613. The molecule has 0 unspecified atom stereocenters. The quantitative estimate of drug-likeness (QED) is 0.511. The number of amides is 2. The molecule has 0 atom stereocenters. The number of hydrogen-bond donors (Lipinski definition) is 2. The molecule has 136 valence electrons. The Balaban J connectivity index is 1.37. The van der Waals surface area contributed by atoms with E-state index in [-0.39, 0.29) is 11.8 Å². The molecule has 26 heavy (non-hydrogen) atoms. The van der Waals surface area contributed by atoms with Crippen LogP contribution in [0.3, 0.4) is 0 Å². The molecule has 2 aromatic heterocycles. The van der Waals surface area contributed by atoms with Crippen LogP contribution in [0.25, 0.3) is 10.2 Å². The molecule has 3 rings (SSSR count). The smallest absolute Gasteiger partial charge is 0.273 e. The number of nitrogens with one attached hydrogen (secondary N) is 2. The van der Waals surface area contributed by atoms with Crippen LogP contribution in [0.1, 0.15) is 46.1 Å². The second-order valence-electron chi connectivity index (χ2n) is 6.11. The molecule has 2 amide bonds. The predicted molar refractivity (Wildman–Crippen MR) is 101 cm³/mol. The van der Waals surface area contributed by atoms with E-state index in [1.165, 1.54) is 4.70 Å². The van der Waals surface area contributed by atoms with Crippen LogP contribution in [0, 0.1) is 13.8 Å². The number of nitrogens with zero attached hydrogens (tertiary/aromatic N) is 1. The van der Waals surface area contributed by atoms with Crippen LogP contribution in [0.2, 0.25) is 0 Å².